The molecule has 164 valence electrons. The molecule has 1 amide bonds. The molecule has 0 bridgehead atoms. The first kappa shape index (κ1) is 22.3. The van der Waals surface area contributed by atoms with E-state index in [0.29, 0.717) is 28.8 Å². The number of hydrogen-bond acceptors (Lipinski definition) is 6. The molecule has 2 aromatic carbocycles. The second-order valence-corrected chi connectivity index (χ2v) is 8.45. The van der Waals surface area contributed by atoms with E-state index >= 15 is 0 Å². The van der Waals surface area contributed by atoms with E-state index < -0.39 is 15.8 Å². The Morgan fingerprint density at radius 1 is 1.23 bits per heavy atom. The van der Waals surface area contributed by atoms with Crippen molar-refractivity contribution < 1.29 is 26.9 Å². The first-order valence-electron chi connectivity index (χ1n) is 9.39. The Bertz CT molecular complexity index is 1240. The van der Waals surface area contributed by atoms with Gasteiger partial charge < -0.3 is 9.26 Å². The molecule has 0 aliphatic rings. The minimum absolute atomic E-state index is 0.117. The van der Waals surface area contributed by atoms with Gasteiger partial charge in [0.05, 0.1) is 24.1 Å². The standard InChI is InChI=1S/C21H22FN3O5S/c1-5-16-20(21(30-24-16)23-13(3)26)14-6-9-18(29-4)19(11-14)31(27,28)25-17-8-7-15(22)10-12(17)2/h6-11,25H,5H2,1-4H3,(H,23,26). The molecular formula is C21H22FN3O5S. The van der Waals surface area contributed by atoms with Crippen LogP contribution >= 0.6 is 0 Å². The summed E-state index contributed by atoms with van der Waals surface area (Å²) in [5, 5.41) is 6.53. The number of ether oxygens (including phenoxy) is 1. The van der Waals surface area contributed by atoms with Crippen molar-refractivity contribution in [3.8, 4) is 16.9 Å². The summed E-state index contributed by atoms with van der Waals surface area (Å²) < 4.78 is 52.7. The van der Waals surface area contributed by atoms with E-state index in [1.54, 1.807) is 13.0 Å². The fraction of sp³-hybridized carbons (Fsp3) is 0.238. The van der Waals surface area contributed by atoms with Crippen LogP contribution in [0, 0.1) is 12.7 Å². The van der Waals surface area contributed by atoms with Gasteiger partial charge in [-0.25, -0.2) is 12.8 Å². The molecule has 0 saturated heterocycles. The lowest BCUT2D eigenvalue weighted by atomic mass is 10.0. The number of amides is 1. The van der Waals surface area contributed by atoms with Crippen LogP contribution in [-0.2, 0) is 21.2 Å². The minimum atomic E-state index is -4.10. The Hall–Kier alpha value is -3.40. The first-order chi connectivity index (χ1) is 14.7. The normalized spacial score (nSPS) is 11.3. The molecule has 0 atom stereocenters. The summed E-state index contributed by atoms with van der Waals surface area (Å²) in [6.07, 6.45) is 0.500. The molecule has 3 rings (SSSR count). The molecule has 0 spiro atoms. The van der Waals surface area contributed by atoms with Crippen molar-refractivity contribution in [1.29, 1.82) is 0 Å². The maximum absolute atomic E-state index is 13.4. The number of methoxy groups -OCH3 is 1. The van der Waals surface area contributed by atoms with Gasteiger partial charge in [-0.15, -0.1) is 0 Å². The fourth-order valence-corrected chi connectivity index (χ4v) is 4.42. The maximum Gasteiger partial charge on any atom is 0.265 e. The SMILES string of the molecule is CCc1noc(NC(C)=O)c1-c1ccc(OC)c(S(=O)(=O)Nc2ccc(F)cc2C)c1. The third kappa shape index (κ3) is 4.69. The van der Waals surface area contributed by atoms with Crippen LogP contribution in [0.15, 0.2) is 45.8 Å². The topological polar surface area (TPSA) is 111 Å². The number of hydrogen-bond donors (Lipinski definition) is 2. The molecule has 1 aromatic heterocycles. The van der Waals surface area contributed by atoms with Gasteiger partial charge in [-0.05, 0) is 54.8 Å². The molecule has 31 heavy (non-hydrogen) atoms. The summed E-state index contributed by atoms with van der Waals surface area (Å²) >= 11 is 0. The molecule has 8 nitrogen and oxygen atoms in total. The van der Waals surface area contributed by atoms with Crippen LogP contribution in [0.4, 0.5) is 16.0 Å². The molecule has 1 heterocycles. The highest BCUT2D eigenvalue weighted by Gasteiger charge is 2.24. The molecule has 0 aliphatic carbocycles. The van der Waals surface area contributed by atoms with Crippen LogP contribution in [0.1, 0.15) is 25.1 Å². The number of sulfonamides is 1. The number of anilines is 2. The van der Waals surface area contributed by atoms with Crippen molar-refractivity contribution in [2.24, 2.45) is 0 Å². The lowest BCUT2D eigenvalue weighted by molar-refractivity contribution is -0.114. The van der Waals surface area contributed by atoms with Gasteiger partial charge in [0, 0.05) is 6.92 Å². The maximum atomic E-state index is 13.4. The van der Waals surface area contributed by atoms with Crippen LogP contribution in [0.2, 0.25) is 0 Å². The summed E-state index contributed by atoms with van der Waals surface area (Å²) in [7, 11) is -2.74. The van der Waals surface area contributed by atoms with Crippen molar-refractivity contribution in [3.63, 3.8) is 0 Å². The van der Waals surface area contributed by atoms with Crippen LogP contribution in [0.25, 0.3) is 11.1 Å². The summed E-state index contributed by atoms with van der Waals surface area (Å²) in [6.45, 7) is 4.79. The predicted molar refractivity (Wildman–Crippen MR) is 114 cm³/mol. The number of nitrogens with zero attached hydrogens (tertiary/aromatic N) is 1. The minimum Gasteiger partial charge on any atom is -0.495 e. The van der Waals surface area contributed by atoms with Gasteiger partial charge >= 0.3 is 0 Å². The Balaban J connectivity index is 2.12. The molecular weight excluding hydrogens is 425 g/mol. The van der Waals surface area contributed by atoms with Crippen LogP contribution in [0.5, 0.6) is 5.75 Å². The van der Waals surface area contributed by atoms with Gasteiger partial charge in [0.2, 0.25) is 11.8 Å². The number of aryl methyl sites for hydroxylation is 2. The zero-order valence-electron chi connectivity index (χ0n) is 17.4. The molecule has 0 radical (unpaired) electrons. The molecule has 10 heteroatoms. The largest absolute Gasteiger partial charge is 0.495 e. The predicted octanol–water partition coefficient (Wildman–Crippen LogP) is 4.12. The van der Waals surface area contributed by atoms with Crippen LogP contribution in [0.3, 0.4) is 0 Å². The van der Waals surface area contributed by atoms with E-state index in [4.69, 9.17) is 9.26 Å². The van der Waals surface area contributed by atoms with Crippen molar-refractivity contribution in [1.82, 2.24) is 5.16 Å². The smallest absolute Gasteiger partial charge is 0.265 e. The van der Waals surface area contributed by atoms with Crippen molar-refractivity contribution in [3.05, 3.63) is 53.5 Å². The second-order valence-electron chi connectivity index (χ2n) is 6.80. The summed E-state index contributed by atoms with van der Waals surface area (Å²) in [5.41, 5.74) is 2.18. The van der Waals surface area contributed by atoms with Crippen molar-refractivity contribution in [2.75, 3.05) is 17.1 Å². The van der Waals surface area contributed by atoms with E-state index in [0.717, 1.165) is 0 Å². The van der Waals surface area contributed by atoms with Crippen LogP contribution in [-0.4, -0.2) is 26.6 Å². The number of carbonyl (C=O) groups is 1. The molecule has 3 aromatic rings. The Labute approximate surface area is 179 Å². The average molecular weight is 447 g/mol. The monoisotopic (exact) mass is 447 g/mol. The molecule has 0 fully saturated rings. The second kappa shape index (κ2) is 8.76. The number of nitrogens with one attached hydrogen (secondary N) is 2. The van der Waals surface area contributed by atoms with E-state index in [-0.39, 0.29) is 28.1 Å². The highest BCUT2D eigenvalue weighted by molar-refractivity contribution is 7.92. The third-order valence-corrected chi connectivity index (χ3v) is 5.95. The van der Waals surface area contributed by atoms with Gasteiger partial charge in [-0.2, -0.15) is 0 Å². The zero-order chi connectivity index (χ0) is 22.8. The summed E-state index contributed by atoms with van der Waals surface area (Å²) in [6, 6.07) is 8.32. The van der Waals surface area contributed by atoms with Crippen LogP contribution < -0.4 is 14.8 Å². The summed E-state index contributed by atoms with van der Waals surface area (Å²) in [5.74, 6) is -0.577. The van der Waals surface area contributed by atoms with Crippen molar-refractivity contribution in [2.45, 2.75) is 32.1 Å². The number of aromatic nitrogens is 1. The Kier molecular flexibility index (Phi) is 6.30. The fourth-order valence-electron chi connectivity index (χ4n) is 3.09. The molecule has 2 N–H and O–H groups in total. The Morgan fingerprint density at radius 2 is 1.97 bits per heavy atom. The number of rotatable bonds is 7. The van der Waals surface area contributed by atoms with E-state index in [1.807, 2.05) is 6.92 Å². The lowest BCUT2D eigenvalue weighted by Crippen LogP contribution is -2.15. The average Bonchev–Trinajstić information content (AvgIpc) is 3.11. The first-order valence-corrected chi connectivity index (χ1v) is 10.9. The highest BCUT2D eigenvalue weighted by atomic mass is 32.2. The van der Waals surface area contributed by atoms with E-state index in [1.165, 1.54) is 44.4 Å². The van der Waals surface area contributed by atoms with Gasteiger partial charge in [-0.1, -0.05) is 18.1 Å². The van der Waals surface area contributed by atoms with Gasteiger partial charge in [0.25, 0.3) is 10.0 Å². The highest BCUT2D eigenvalue weighted by Crippen LogP contribution is 2.37. The van der Waals surface area contributed by atoms with Gasteiger partial charge in [-0.3, -0.25) is 14.8 Å². The zero-order valence-corrected chi connectivity index (χ0v) is 18.3. The Morgan fingerprint density at radius 3 is 2.58 bits per heavy atom. The number of halogens is 1. The lowest BCUT2D eigenvalue weighted by Gasteiger charge is -2.15. The van der Waals surface area contributed by atoms with E-state index in [2.05, 4.69) is 15.2 Å². The summed E-state index contributed by atoms with van der Waals surface area (Å²) in [4.78, 5) is 11.4. The molecule has 0 aliphatic heterocycles. The van der Waals surface area contributed by atoms with Gasteiger partial charge in [0.1, 0.15) is 16.5 Å². The molecule has 0 unspecified atom stereocenters. The van der Waals surface area contributed by atoms with Crippen molar-refractivity contribution >= 4 is 27.5 Å². The number of carbonyl (C=O) groups excluding carboxylic acids is 1. The molecule has 0 saturated carbocycles. The van der Waals surface area contributed by atoms with E-state index in [9.17, 15) is 17.6 Å². The number of benzene rings is 2. The van der Waals surface area contributed by atoms with Gasteiger partial charge in [0.15, 0.2) is 0 Å². The quantitative estimate of drug-likeness (QED) is 0.564. The third-order valence-electron chi connectivity index (χ3n) is 4.56.